The quantitative estimate of drug-likeness (QED) is 0.208. The van der Waals surface area contributed by atoms with Crippen LogP contribution in [-0.2, 0) is 14.2 Å². The van der Waals surface area contributed by atoms with Crippen LogP contribution in [-0.4, -0.2) is 96.5 Å². The van der Waals surface area contributed by atoms with Crippen molar-refractivity contribution in [1.82, 2.24) is 0 Å². The molecule has 2 saturated heterocycles. The van der Waals surface area contributed by atoms with Crippen LogP contribution in [0.3, 0.4) is 0 Å². The lowest BCUT2D eigenvalue weighted by atomic mass is 9.92. The molecule has 2 aromatic carbocycles. The van der Waals surface area contributed by atoms with E-state index < -0.39 is 78.7 Å². The first-order valence-electron chi connectivity index (χ1n) is 12.1. The summed E-state index contributed by atoms with van der Waals surface area (Å²) in [4.78, 5) is 12.9. The van der Waals surface area contributed by atoms with Gasteiger partial charge in [-0.1, -0.05) is 0 Å². The first-order valence-corrected chi connectivity index (χ1v) is 12.1. The zero-order chi connectivity index (χ0) is 28.2. The van der Waals surface area contributed by atoms with E-state index >= 15 is 0 Å². The van der Waals surface area contributed by atoms with Gasteiger partial charge in [0.15, 0.2) is 17.3 Å². The molecular formula is C26H28O13. The van der Waals surface area contributed by atoms with Crippen molar-refractivity contribution in [3.8, 4) is 28.6 Å². The van der Waals surface area contributed by atoms with Gasteiger partial charge in [0.25, 0.3) is 0 Å². The summed E-state index contributed by atoms with van der Waals surface area (Å²) < 4.78 is 22.6. The Labute approximate surface area is 220 Å². The van der Waals surface area contributed by atoms with E-state index in [1.54, 1.807) is 0 Å². The molecule has 210 valence electrons. The highest BCUT2D eigenvalue weighted by molar-refractivity contribution is 5.89. The van der Waals surface area contributed by atoms with Crippen LogP contribution in [0.5, 0.6) is 17.2 Å². The number of aliphatic hydroxyl groups is 5. The van der Waals surface area contributed by atoms with Crippen LogP contribution in [0, 0.1) is 0 Å². The lowest BCUT2D eigenvalue weighted by Crippen LogP contribution is -2.60. The van der Waals surface area contributed by atoms with Crippen molar-refractivity contribution < 1.29 is 59.5 Å². The van der Waals surface area contributed by atoms with Crippen LogP contribution in [0.2, 0.25) is 0 Å². The van der Waals surface area contributed by atoms with Crippen LogP contribution in [0.1, 0.15) is 18.6 Å². The van der Waals surface area contributed by atoms with Gasteiger partial charge in [0, 0.05) is 17.7 Å². The fraction of sp³-hybridized carbons (Fsp3) is 0.423. The molecule has 3 heterocycles. The molecule has 2 aliphatic heterocycles. The molecule has 13 nitrogen and oxygen atoms in total. The number of hydrogen-bond donors (Lipinski definition) is 8. The molecule has 2 fully saturated rings. The normalized spacial score (nSPS) is 33.3. The number of benzene rings is 2. The van der Waals surface area contributed by atoms with Gasteiger partial charge in [-0.2, -0.15) is 0 Å². The molecule has 0 spiro atoms. The number of hydrogen-bond acceptors (Lipinski definition) is 13. The Bertz CT molecular complexity index is 1400. The van der Waals surface area contributed by atoms with E-state index in [0.29, 0.717) is 5.56 Å². The number of aliphatic hydroxyl groups excluding tert-OH is 5. The van der Waals surface area contributed by atoms with Gasteiger partial charge in [-0.05, 0) is 31.2 Å². The van der Waals surface area contributed by atoms with Crippen molar-refractivity contribution in [3.63, 3.8) is 0 Å². The standard InChI is InChI=1S/C26H28O13/c1-9-19(31)21(33)23(35)26(37-9)39-16-8-36-25(22(34)20(16)32)18-13(29)6-12(28)17-14(30)7-15(38-24(17)18)10-2-4-11(27)5-3-10/h2-7,9,16,19-23,25-29,31-35H,8H2,1H3/t9-,16+,19-,20-,21+,22-,23-,25-,26-/m0/s1. The van der Waals surface area contributed by atoms with Crippen LogP contribution in [0.15, 0.2) is 45.6 Å². The molecule has 5 rings (SSSR count). The Kier molecular flexibility index (Phi) is 7.26. The monoisotopic (exact) mass is 548 g/mol. The van der Waals surface area contributed by atoms with Gasteiger partial charge in [-0.15, -0.1) is 0 Å². The minimum Gasteiger partial charge on any atom is -0.508 e. The van der Waals surface area contributed by atoms with Gasteiger partial charge in [-0.25, -0.2) is 0 Å². The Hall–Kier alpha value is -3.27. The fourth-order valence-corrected chi connectivity index (χ4v) is 4.83. The molecule has 0 bridgehead atoms. The van der Waals surface area contributed by atoms with Gasteiger partial charge in [0.2, 0.25) is 0 Å². The van der Waals surface area contributed by atoms with E-state index in [0.717, 1.165) is 12.1 Å². The number of aromatic hydroxyl groups is 3. The largest absolute Gasteiger partial charge is 0.508 e. The van der Waals surface area contributed by atoms with E-state index in [1.807, 2.05) is 0 Å². The molecule has 0 saturated carbocycles. The van der Waals surface area contributed by atoms with Gasteiger partial charge >= 0.3 is 0 Å². The van der Waals surface area contributed by atoms with Crippen molar-refractivity contribution in [1.29, 1.82) is 0 Å². The summed E-state index contributed by atoms with van der Waals surface area (Å²) in [6.07, 6.45) is -13.1. The lowest BCUT2D eigenvalue weighted by Gasteiger charge is -2.43. The third-order valence-corrected chi connectivity index (χ3v) is 7.03. The lowest BCUT2D eigenvalue weighted by molar-refractivity contribution is -0.326. The second-order valence-electron chi connectivity index (χ2n) is 9.65. The maximum Gasteiger partial charge on any atom is 0.197 e. The minimum absolute atomic E-state index is 0.0198. The van der Waals surface area contributed by atoms with Gasteiger partial charge in [0.05, 0.1) is 18.3 Å². The summed E-state index contributed by atoms with van der Waals surface area (Å²) in [5.74, 6) is -1.15. The van der Waals surface area contributed by atoms with Crippen molar-refractivity contribution in [3.05, 3.63) is 52.2 Å². The van der Waals surface area contributed by atoms with Crippen molar-refractivity contribution >= 4 is 11.0 Å². The first kappa shape index (κ1) is 27.3. The van der Waals surface area contributed by atoms with Gasteiger partial charge < -0.3 is 59.5 Å². The minimum atomic E-state index is -1.77. The van der Waals surface area contributed by atoms with Crippen LogP contribution >= 0.6 is 0 Å². The smallest absolute Gasteiger partial charge is 0.197 e. The topological polar surface area (TPSA) is 220 Å². The summed E-state index contributed by atoms with van der Waals surface area (Å²) in [5, 5.41) is 82.3. The van der Waals surface area contributed by atoms with Crippen LogP contribution in [0.4, 0.5) is 0 Å². The summed E-state index contributed by atoms with van der Waals surface area (Å²) >= 11 is 0. The average molecular weight is 548 g/mol. The SMILES string of the molecule is C[C@@H]1O[C@@H](O[C@@H]2CO[C@@H](c3c(O)cc(O)c4c(=O)cc(-c5ccc(O)cc5)oc34)[C@@H](O)[C@H]2O)[C@@H](O)[C@H](O)[C@H]1O. The third kappa shape index (κ3) is 4.83. The zero-order valence-corrected chi connectivity index (χ0v) is 20.5. The number of phenolic OH excluding ortho intramolecular Hbond substituents is 3. The van der Waals surface area contributed by atoms with E-state index in [-0.39, 0.29) is 28.0 Å². The van der Waals surface area contributed by atoms with E-state index in [4.69, 9.17) is 18.6 Å². The number of rotatable bonds is 4. The summed E-state index contributed by atoms with van der Waals surface area (Å²) in [6, 6.07) is 7.72. The van der Waals surface area contributed by atoms with Crippen molar-refractivity contribution in [2.45, 2.75) is 62.0 Å². The van der Waals surface area contributed by atoms with Crippen LogP contribution in [0.25, 0.3) is 22.3 Å². The second-order valence-corrected chi connectivity index (χ2v) is 9.65. The fourth-order valence-electron chi connectivity index (χ4n) is 4.83. The second kappa shape index (κ2) is 10.4. The molecule has 3 aromatic rings. The Balaban J connectivity index is 1.48. The molecule has 39 heavy (non-hydrogen) atoms. The molecule has 0 unspecified atom stereocenters. The molecule has 1 aromatic heterocycles. The summed E-state index contributed by atoms with van der Waals surface area (Å²) in [7, 11) is 0. The van der Waals surface area contributed by atoms with Crippen molar-refractivity contribution in [2.24, 2.45) is 0 Å². The first-order chi connectivity index (χ1) is 18.5. The molecule has 0 aliphatic carbocycles. The Morgan fingerprint density at radius 3 is 2.23 bits per heavy atom. The van der Waals surface area contributed by atoms with Crippen molar-refractivity contribution in [2.75, 3.05) is 6.61 Å². The Morgan fingerprint density at radius 1 is 0.846 bits per heavy atom. The van der Waals surface area contributed by atoms with E-state index in [2.05, 4.69) is 0 Å². The Morgan fingerprint density at radius 2 is 1.54 bits per heavy atom. The van der Waals surface area contributed by atoms with Crippen LogP contribution < -0.4 is 5.43 Å². The molecule has 8 N–H and O–H groups in total. The molecule has 9 atom stereocenters. The highest BCUT2D eigenvalue weighted by Gasteiger charge is 2.47. The highest BCUT2D eigenvalue weighted by atomic mass is 16.7. The molecule has 2 aliphatic rings. The predicted molar refractivity (Wildman–Crippen MR) is 131 cm³/mol. The van der Waals surface area contributed by atoms with Gasteiger partial charge in [-0.3, -0.25) is 4.79 Å². The van der Waals surface area contributed by atoms with Gasteiger partial charge in [0.1, 0.15) is 71.1 Å². The molecule has 13 heteroatoms. The maximum atomic E-state index is 12.9. The molecule has 0 radical (unpaired) electrons. The molecule has 0 amide bonds. The number of fused-ring (bicyclic) bond motifs is 1. The highest BCUT2D eigenvalue weighted by Crippen LogP contribution is 2.43. The number of ether oxygens (including phenoxy) is 3. The number of phenols is 3. The predicted octanol–water partition coefficient (Wildman–Crippen LogP) is -0.417. The maximum absolute atomic E-state index is 12.9. The van der Waals surface area contributed by atoms with E-state index in [9.17, 15) is 45.6 Å². The molecular weight excluding hydrogens is 520 g/mol. The average Bonchev–Trinajstić information content (AvgIpc) is 2.89. The zero-order valence-electron chi connectivity index (χ0n) is 20.5. The summed E-state index contributed by atoms with van der Waals surface area (Å²) in [6.45, 7) is 1.06. The summed E-state index contributed by atoms with van der Waals surface area (Å²) in [5.41, 5.74) is -0.780. The third-order valence-electron chi connectivity index (χ3n) is 7.03. The van der Waals surface area contributed by atoms with E-state index in [1.165, 1.54) is 31.2 Å².